The van der Waals surface area contributed by atoms with Crippen LogP contribution in [0.4, 0.5) is 0 Å². The molecule has 1 saturated heterocycles. The lowest BCUT2D eigenvalue weighted by atomic mass is 9.99. The summed E-state index contributed by atoms with van der Waals surface area (Å²) in [5.41, 5.74) is 0. The largest absolute Gasteiger partial charge is 0.457 e. The van der Waals surface area contributed by atoms with Crippen molar-refractivity contribution in [2.24, 2.45) is 0 Å². The second kappa shape index (κ2) is 19.8. The van der Waals surface area contributed by atoms with Crippen molar-refractivity contribution in [1.82, 2.24) is 0 Å². The third-order valence-electron chi connectivity index (χ3n) is 5.92. The Morgan fingerprint density at radius 2 is 1.63 bits per heavy atom. The molecular weight excluding hydrogens is 524 g/mol. The summed E-state index contributed by atoms with van der Waals surface area (Å²) in [4.78, 5) is 11.8. The molecule has 0 aromatic heterocycles. The van der Waals surface area contributed by atoms with Crippen LogP contribution in [0.15, 0.2) is 12.2 Å². The van der Waals surface area contributed by atoms with Gasteiger partial charge in [0.1, 0.15) is 30.5 Å². The first kappa shape index (κ1) is 34.9. The monoisotopic (exact) mass is 570 g/mol. The number of allylic oxidation sites excluding steroid dienone is 2. The van der Waals surface area contributed by atoms with E-state index in [4.69, 9.17) is 23.5 Å². The minimum absolute atomic E-state index is 0.0235. The molecule has 4 N–H and O–H groups in total. The molecule has 6 atom stereocenters. The summed E-state index contributed by atoms with van der Waals surface area (Å²) >= 11 is 0. The molecule has 0 radical (unpaired) electrons. The van der Waals surface area contributed by atoms with Crippen LogP contribution in [0.25, 0.3) is 0 Å². The van der Waals surface area contributed by atoms with Crippen molar-refractivity contribution >= 4 is 16.4 Å². The number of carbonyl (C=O) groups excluding carboxylic acids is 1. The summed E-state index contributed by atoms with van der Waals surface area (Å²) in [5.74, 6) is -0.493. The Morgan fingerprint density at radius 1 is 0.974 bits per heavy atom. The van der Waals surface area contributed by atoms with Gasteiger partial charge in [-0.05, 0) is 25.7 Å². The highest BCUT2D eigenvalue weighted by atomic mass is 32.3. The van der Waals surface area contributed by atoms with Gasteiger partial charge in [0, 0.05) is 13.0 Å². The molecule has 0 bridgehead atoms. The number of aliphatic hydroxyl groups is 3. The smallest absolute Gasteiger partial charge is 0.397 e. The second-order valence-electron chi connectivity index (χ2n) is 9.24. The molecule has 1 rings (SSSR count). The molecule has 224 valence electrons. The van der Waals surface area contributed by atoms with E-state index < -0.39 is 59.8 Å². The highest BCUT2D eigenvalue weighted by Crippen LogP contribution is 2.25. The minimum atomic E-state index is -5.03. The quantitative estimate of drug-likeness (QED) is 0.0684. The van der Waals surface area contributed by atoms with E-state index in [0.717, 1.165) is 32.1 Å². The Morgan fingerprint density at radius 3 is 2.26 bits per heavy atom. The van der Waals surface area contributed by atoms with Crippen molar-refractivity contribution in [3.05, 3.63) is 12.2 Å². The first-order valence-corrected chi connectivity index (χ1v) is 14.8. The van der Waals surface area contributed by atoms with E-state index in [9.17, 15) is 28.5 Å². The van der Waals surface area contributed by atoms with Gasteiger partial charge < -0.3 is 34.3 Å². The summed E-state index contributed by atoms with van der Waals surface area (Å²) in [7, 11) is -5.03. The van der Waals surface area contributed by atoms with Crippen LogP contribution in [0.5, 0.6) is 0 Å². The molecule has 0 aliphatic carbocycles. The van der Waals surface area contributed by atoms with Crippen LogP contribution < -0.4 is 0 Å². The first-order valence-electron chi connectivity index (χ1n) is 13.4. The van der Waals surface area contributed by atoms with Gasteiger partial charge in [0.2, 0.25) is 0 Å². The molecule has 1 aliphatic heterocycles. The van der Waals surface area contributed by atoms with Gasteiger partial charge in [-0.15, -0.1) is 0 Å². The molecule has 38 heavy (non-hydrogen) atoms. The summed E-state index contributed by atoms with van der Waals surface area (Å²) in [6, 6.07) is 0. The molecule has 0 saturated carbocycles. The van der Waals surface area contributed by atoms with Crippen LogP contribution in [-0.2, 0) is 38.3 Å². The summed E-state index contributed by atoms with van der Waals surface area (Å²) in [6.07, 6.45) is 5.38. The van der Waals surface area contributed by atoms with Gasteiger partial charge in [-0.3, -0.25) is 9.35 Å². The standard InChI is InChI=1S/C25H46O12S/c1-3-5-6-7-8-9-10-11-12-13-14-15-33-17-19(35-21(27)4-2)18-34-25-23(29)24(37-38(30,31)32)22(28)20(16-26)36-25/h6-7,19-20,22-26,28-29H,3-5,8-18H2,1-2H3,(H,30,31,32)/b7-6-. The third kappa shape index (κ3) is 14.8. The Kier molecular flexibility index (Phi) is 18.2. The molecule has 0 spiro atoms. The van der Waals surface area contributed by atoms with Crippen LogP contribution in [0.1, 0.15) is 78.1 Å². The van der Waals surface area contributed by atoms with Crippen LogP contribution in [0.2, 0.25) is 0 Å². The van der Waals surface area contributed by atoms with Gasteiger partial charge in [0.25, 0.3) is 0 Å². The maximum absolute atomic E-state index is 11.8. The van der Waals surface area contributed by atoms with E-state index in [-0.39, 0.29) is 19.6 Å². The fourth-order valence-corrected chi connectivity index (χ4v) is 4.33. The fourth-order valence-electron chi connectivity index (χ4n) is 3.82. The predicted octanol–water partition coefficient (Wildman–Crippen LogP) is 2.06. The molecular formula is C25H46O12S. The van der Waals surface area contributed by atoms with Gasteiger partial charge in [-0.1, -0.05) is 58.1 Å². The van der Waals surface area contributed by atoms with Gasteiger partial charge in [0.15, 0.2) is 6.29 Å². The molecule has 0 aromatic rings. The Hall–Kier alpha value is -1.16. The zero-order chi connectivity index (χ0) is 28.4. The van der Waals surface area contributed by atoms with E-state index in [1.165, 1.54) is 25.7 Å². The average molecular weight is 571 g/mol. The van der Waals surface area contributed by atoms with E-state index in [1.54, 1.807) is 6.92 Å². The Bertz CT molecular complexity index is 759. The first-order chi connectivity index (χ1) is 18.1. The topological polar surface area (TPSA) is 178 Å². The third-order valence-corrected chi connectivity index (χ3v) is 6.39. The van der Waals surface area contributed by atoms with E-state index in [1.807, 2.05) is 0 Å². The lowest BCUT2D eigenvalue weighted by molar-refractivity contribution is -0.301. The molecule has 1 aliphatic rings. The maximum Gasteiger partial charge on any atom is 0.397 e. The molecule has 6 unspecified atom stereocenters. The van der Waals surface area contributed by atoms with Crippen molar-refractivity contribution in [1.29, 1.82) is 0 Å². The minimum Gasteiger partial charge on any atom is -0.457 e. The average Bonchev–Trinajstić information content (AvgIpc) is 2.87. The Balaban J connectivity index is 2.44. The molecule has 13 heteroatoms. The van der Waals surface area contributed by atoms with Gasteiger partial charge in [0.05, 0.1) is 19.8 Å². The van der Waals surface area contributed by atoms with E-state index in [0.29, 0.717) is 6.61 Å². The van der Waals surface area contributed by atoms with Crippen molar-refractivity contribution in [3.8, 4) is 0 Å². The van der Waals surface area contributed by atoms with Gasteiger partial charge >= 0.3 is 16.4 Å². The SMILES string of the molecule is CCC/C=C\CCCCCCCCOCC(COC1OC(CO)C(O)C(OS(=O)(=O)O)C1O)OC(=O)CC. The molecule has 12 nitrogen and oxygen atoms in total. The number of carbonyl (C=O) groups is 1. The number of hydrogen-bond acceptors (Lipinski definition) is 11. The van der Waals surface area contributed by atoms with Gasteiger partial charge in [-0.25, -0.2) is 4.18 Å². The zero-order valence-corrected chi connectivity index (χ0v) is 23.3. The van der Waals surface area contributed by atoms with Crippen LogP contribution in [-0.4, -0.2) is 97.5 Å². The molecule has 0 amide bonds. The summed E-state index contributed by atoms with van der Waals surface area (Å²) in [6.45, 7) is 3.25. The highest BCUT2D eigenvalue weighted by Gasteiger charge is 2.47. The molecule has 0 aromatic carbocycles. The maximum atomic E-state index is 11.8. The number of esters is 1. The van der Waals surface area contributed by atoms with E-state index in [2.05, 4.69) is 23.3 Å². The number of rotatable bonds is 21. The van der Waals surface area contributed by atoms with Crippen molar-refractivity contribution in [2.75, 3.05) is 26.4 Å². The highest BCUT2D eigenvalue weighted by molar-refractivity contribution is 7.80. The summed E-state index contributed by atoms with van der Waals surface area (Å²) in [5, 5.41) is 29.9. The molecule has 1 fully saturated rings. The second-order valence-corrected chi connectivity index (χ2v) is 10.3. The predicted molar refractivity (Wildman–Crippen MR) is 137 cm³/mol. The van der Waals surface area contributed by atoms with Crippen LogP contribution >= 0.6 is 0 Å². The van der Waals surface area contributed by atoms with Gasteiger partial charge in [-0.2, -0.15) is 8.42 Å². The van der Waals surface area contributed by atoms with E-state index >= 15 is 0 Å². The van der Waals surface area contributed by atoms with Crippen molar-refractivity contribution in [2.45, 2.75) is 115 Å². The lowest BCUT2D eigenvalue weighted by Crippen LogP contribution is -2.60. The number of unbranched alkanes of at least 4 members (excludes halogenated alkanes) is 7. The number of aliphatic hydroxyl groups excluding tert-OH is 3. The number of ether oxygens (including phenoxy) is 4. The van der Waals surface area contributed by atoms with Crippen molar-refractivity contribution < 1.29 is 56.2 Å². The van der Waals surface area contributed by atoms with Crippen molar-refractivity contribution in [3.63, 3.8) is 0 Å². The van der Waals surface area contributed by atoms with Crippen LogP contribution in [0, 0.1) is 0 Å². The lowest BCUT2D eigenvalue weighted by Gasteiger charge is -2.41. The molecule has 1 heterocycles. The normalized spacial score (nSPS) is 25.1. The van der Waals surface area contributed by atoms with Crippen LogP contribution in [0.3, 0.4) is 0 Å². The zero-order valence-electron chi connectivity index (χ0n) is 22.5. The fraction of sp³-hybridized carbons (Fsp3) is 0.880. The number of hydrogen-bond donors (Lipinski definition) is 4. The summed E-state index contributed by atoms with van der Waals surface area (Å²) < 4.78 is 57.3. The Labute approximate surface area is 226 Å².